The summed E-state index contributed by atoms with van der Waals surface area (Å²) in [5.74, 6) is 1.09. The Balaban J connectivity index is 1.43. The molecule has 1 N–H and O–H groups in total. The number of aryl methyl sites for hydroxylation is 1. The number of carbonyl (C=O) groups excluding carboxylic acids is 1. The maximum absolute atomic E-state index is 12.6. The Morgan fingerprint density at radius 3 is 2.92 bits per heavy atom. The fraction of sp³-hybridized carbons (Fsp3) is 0.450. The zero-order valence-electron chi connectivity index (χ0n) is 14.7. The summed E-state index contributed by atoms with van der Waals surface area (Å²) in [5, 5.41) is 3.45. The number of nitrogens with one attached hydrogen (secondary N) is 1. The molecule has 1 aromatic carbocycles. The molecule has 0 saturated carbocycles. The molecule has 2 aliphatic heterocycles. The Kier molecular flexibility index (Phi) is 4.49. The van der Waals surface area contributed by atoms with E-state index in [1.807, 2.05) is 23.2 Å². The largest absolute Gasteiger partial charge is 0.338 e. The molecule has 1 saturated heterocycles. The van der Waals surface area contributed by atoms with Crippen LogP contribution in [-0.2, 0) is 24.2 Å². The van der Waals surface area contributed by atoms with Gasteiger partial charge < -0.3 is 10.2 Å². The highest BCUT2D eigenvalue weighted by molar-refractivity contribution is 5.79. The van der Waals surface area contributed by atoms with Crippen LogP contribution in [0.3, 0.4) is 0 Å². The lowest BCUT2D eigenvalue weighted by Gasteiger charge is -2.28. The summed E-state index contributed by atoms with van der Waals surface area (Å²) in [7, 11) is 0. The number of carbonyl (C=O) groups is 1. The minimum atomic E-state index is 0.177. The molecule has 5 heteroatoms. The van der Waals surface area contributed by atoms with Crippen molar-refractivity contribution >= 4 is 5.91 Å². The second-order valence-electron chi connectivity index (χ2n) is 7.08. The van der Waals surface area contributed by atoms with E-state index < -0.39 is 0 Å². The van der Waals surface area contributed by atoms with E-state index in [1.165, 1.54) is 12.0 Å². The number of rotatable bonds is 3. The number of hydrogen-bond acceptors (Lipinski definition) is 4. The van der Waals surface area contributed by atoms with Crippen LogP contribution in [0.15, 0.2) is 30.5 Å². The number of amides is 1. The molecule has 1 fully saturated rings. The fourth-order valence-corrected chi connectivity index (χ4v) is 3.61. The molecule has 0 radical (unpaired) electrons. The SMILES string of the molecule is Cc1ccc(CC(=O)N2CCc3nc([C@@H]4CCCN4)ncc3C2)cc1. The molecule has 1 atom stereocenters. The van der Waals surface area contributed by atoms with Crippen molar-refractivity contribution in [2.45, 2.75) is 45.2 Å². The molecule has 0 unspecified atom stereocenters. The lowest BCUT2D eigenvalue weighted by atomic mass is 10.0. The van der Waals surface area contributed by atoms with E-state index in [4.69, 9.17) is 4.98 Å². The van der Waals surface area contributed by atoms with Crippen molar-refractivity contribution in [3.8, 4) is 0 Å². The first-order valence-corrected chi connectivity index (χ1v) is 9.10. The topological polar surface area (TPSA) is 58.1 Å². The molecule has 4 rings (SSSR count). The summed E-state index contributed by atoms with van der Waals surface area (Å²) in [6.45, 7) is 4.47. The van der Waals surface area contributed by atoms with Crippen LogP contribution in [-0.4, -0.2) is 33.9 Å². The molecule has 2 aliphatic rings. The van der Waals surface area contributed by atoms with Crippen molar-refractivity contribution in [3.05, 3.63) is 58.7 Å². The molecule has 0 aliphatic carbocycles. The van der Waals surface area contributed by atoms with E-state index in [0.29, 0.717) is 19.0 Å². The average Bonchev–Trinajstić information content (AvgIpc) is 3.17. The molecule has 3 heterocycles. The van der Waals surface area contributed by atoms with Crippen molar-refractivity contribution in [2.24, 2.45) is 0 Å². The number of fused-ring (bicyclic) bond motifs is 1. The summed E-state index contributed by atoms with van der Waals surface area (Å²) >= 11 is 0. The van der Waals surface area contributed by atoms with Gasteiger partial charge in [0.2, 0.25) is 5.91 Å². The van der Waals surface area contributed by atoms with Gasteiger partial charge in [0.25, 0.3) is 0 Å². The molecular weight excluding hydrogens is 312 g/mol. The number of aromatic nitrogens is 2. The quantitative estimate of drug-likeness (QED) is 0.935. The van der Waals surface area contributed by atoms with E-state index >= 15 is 0 Å². The summed E-state index contributed by atoms with van der Waals surface area (Å²) < 4.78 is 0. The Morgan fingerprint density at radius 1 is 1.32 bits per heavy atom. The second-order valence-corrected chi connectivity index (χ2v) is 7.08. The Hall–Kier alpha value is -2.27. The van der Waals surface area contributed by atoms with Crippen LogP contribution < -0.4 is 5.32 Å². The molecule has 5 nitrogen and oxygen atoms in total. The number of benzene rings is 1. The zero-order chi connectivity index (χ0) is 17.2. The van der Waals surface area contributed by atoms with Crippen LogP contribution in [0.5, 0.6) is 0 Å². The van der Waals surface area contributed by atoms with E-state index in [-0.39, 0.29) is 5.91 Å². The molecule has 25 heavy (non-hydrogen) atoms. The zero-order valence-corrected chi connectivity index (χ0v) is 14.7. The number of nitrogens with zero attached hydrogens (tertiary/aromatic N) is 3. The molecule has 0 bridgehead atoms. The van der Waals surface area contributed by atoms with Crippen molar-refractivity contribution in [1.29, 1.82) is 0 Å². The van der Waals surface area contributed by atoms with Crippen molar-refractivity contribution in [3.63, 3.8) is 0 Å². The average molecular weight is 336 g/mol. The van der Waals surface area contributed by atoms with Crippen molar-refractivity contribution in [1.82, 2.24) is 20.2 Å². The van der Waals surface area contributed by atoms with Crippen molar-refractivity contribution < 1.29 is 4.79 Å². The third kappa shape index (κ3) is 3.56. The predicted octanol–water partition coefficient (Wildman–Crippen LogP) is 2.34. The van der Waals surface area contributed by atoms with E-state index in [1.54, 1.807) is 0 Å². The first-order chi connectivity index (χ1) is 12.2. The predicted molar refractivity (Wildman–Crippen MR) is 96.0 cm³/mol. The summed E-state index contributed by atoms with van der Waals surface area (Å²) in [6.07, 6.45) is 5.49. The van der Waals surface area contributed by atoms with Gasteiger partial charge >= 0.3 is 0 Å². The van der Waals surface area contributed by atoms with Crippen LogP contribution in [0.25, 0.3) is 0 Å². The van der Waals surface area contributed by atoms with Gasteiger partial charge in [-0.25, -0.2) is 9.97 Å². The molecule has 1 amide bonds. The maximum atomic E-state index is 12.6. The highest BCUT2D eigenvalue weighted by Gasteiger charge is 2.25. The van der Waals surface area contributed by atoms with Crippen LogP contribution in [0.4, 0.5) is 0 Å². The minimum Gasteiger partial charge on any atom is -0.338 e. The van der Waals surface area contributed by atoms with Crippen LogP contribution in [0.2, 0.25) is 0 Å². The van der Waals surface area contributed by atoms with Gasteiger partial charge in [-0.05, 0) is 31.9 Å². The highest BCUT2D eigenvalue weighted by Crippen LogP contribution is 2.23. The molecule has 2 aromatic rings. The van der Waals surface area contributed by atoms with Crippen LogP contribution >= 0.6 is 0 Å². The normalized spacial score (nSPS) is 19.7. The van der Waals surface area contributed by atoms with Gasteiger partial charge in [-0.15, -0.1) is 0 Å². The Labute approximate surface area is 148 Å². The van der Waals surface area contributed by atoms with Gasteiger partial charge in [-0.3, -0.25) is 4.79 Å². The van der Waals surface area contributed by atoms with Crippen LogP contribution in [0, 0.1) is 6.92 Å². The lowest BCUT2D eigenvalue weighted by Crippen LogP contribution is -2.37. The standard InChI is InChI=1S/C20H24N4O/c1-14-4-6-15(7-5-14)11-19(25)24-10-8-17-16(13-24)12-22-20(23-17)18-3-2-9-21-18/h4-7,12,18,21H,2-3,8-11,13H2,1H3/t18-/m0/s1. The van der Waals surface area contributed by atoms with Crippen molar-refractivity contribution in [2.75, 3.05) is 13.1 Å². The van der Waals surface area contributed by atoms with Gasteiger partial charge in [-0.2, -0.15) is 0 Å². The maximum Gasteiger partial charge on any atom is 0.227 e. The highest BCUT2D eigenvalue weighted by atomic mass is 16.2. The third-order valence-electron chi connectivity index (χ3n) is 5.15. The fourth-order valence-electron chi connectivity index (χ4n) is 3.61. The van der Waals surface area contributed by atoms with E-state index in [0.717, 1.165) is 48.6 Å². The van der Waals surface area contributed by atoms with Gasteiger partial charge in [0.1, 0.15) is 5.82 Å². The smallest absolute Gasteiger partial charge is 0.227 e. The molecule has 130 valence electrons. The van der Waals surface area contributed by atoms with Gasteiger partial charge in [0.15, 0.2) is 0 Å². The monoisotopic (exact) mass is 336 g/mol. The number of hydrogen-bond donors (Lipinski definition) is 1. The Bertz CT molecular complexity index is 766. The van der Waals surface area contributed by atoms with E-state index in [2.05, 4.69) is 29.4 Å². The first-order valence-electron chi connectivity index (χ1n) is 9.10. The summed E-state index contributed by atoms with van der Waals surface area (Å²) in [6, 6.07) is 8.48. The van der Waals surface area contributed by atoms with E-state index in [9.17, 15) is 4.79 Å². The summed E-state index contributed by atoms with van der Waals surface area (Å²) in [5.41, 5.74) is 4.48. The third-order valence-corrected chi connectivity index (χ3v) is 5.15. The Morgan fingerprint density at radius 2 is 2.16 bits per heavy atom. The lowest BCUT2D eigenvalue weighted by molar-refractivity contribution is -0.131. The van der Waals surface area contributed by atoms with Crippen LogP contribution in [0.1, 0.15) is 47.1 Å². The van der Waals surface area contributed by atoms with Gasteiger partial charge in [0.05, 0.1) is 18.2 Å². The molecule has 1 aromatic heterocycles. The van der Waals surface area contributed by atoms with Gasteiger partial charge in [0, 0.05) is 31.3 Å². The molecular formula is C20H24N4O. The minimum absolute atomic E-state index is 0.177. The summed E-state index contributed by atoms with van der Waals surface area (Å²) in [4.78, 5) is 23.9. The van der Waals surface area contributed by atoms with Gasteiger partial charge in [-0.1, -0.05) is 29.8 Å². The second kappa shape index (κ2) is 6.92. The molecule has 0 spiro atoms. The first kappa shape index (κ1) is 16.2.